The lowest BCUT2D eigenvalue weighted by Gasteiger charge is -2.26. The van der Waals surface area contributed by atoms with Crippen molar-refractivity contribution in [2.75, 3.05) is 19.6 Å². The van der Waals surface area contributed by atoms with Crippen LogP contribution < -0.4 is 10.6 Å². The van der Waals surface area contributed by atoms with Gasteiger partial charge in [0.15, 0.2) is 10.8 Å². The molecule has 1 aliphatic rings. The van der Waals surface area contributed by atoms with Gasteiger partial charge in [0.2, 0.25) is 0 Å². The van der Waals surface area contributed by atoms with Crippen molar-refractivity contribution < 1.29 is 9.21 Å². The van der Waals surface area contributed by atoms with Crippen molar-refractivity contribution in [2.45, 2.75) is 6.92 Å². The number of amides is 1. The summed E-state index contributed by atoms with van der Waals surface area (Å²) < 4.78 is 5.50. The van der Waals surface area contributed by atoms with Crippen molar-refractivity contribution in [1.82, 2.24) is 15.6 Å². The summed E-state index contributed by atoms with van der Waals surface area (Å²) in [6.07, 6.45) is 0. The zero-order valence-corrected chi connectivity index (χ0v) is 11.4. The number of hydrogen-bond acceptors (Lipinski definition) is 5. The van der Waals surface area contributed by atoms with Gasteiger partial charge in [0.25, 0.3) is 5.91 Å². The number of carbonyl (C=O) groups is 1. The summed E-state index contributed by atoms with van der Waals surface area (Å²) in [7, 11) is 0. The van der Waals surface area contributed by atoms with Gasteiger partial charge in [0.1, 0.15) is 11.5 Å². The molecule has 3 rings (SSSR count). The maximum absolute atomic E-state index is 11.9. The number of nitrogens with one attached hydrogen (secondary N) is 2. The van der Waals surface area contributed by atoms with Crippen LogP contribution in [0.4, 0.5) is 0 Å². The fourth-order valence-corrected chi connectivity index (χ4v) is 2.62. The molecule has 5 nitrogen and oxygen atoms in total. The van der Waals surface area contributed by atoms with E-state index in [4.69, 9.17) is 4.42 Å². The Kier molecular flexibility index (Phi) is 3.35. The first-order chi connectivity index (χ1) is 9.22. The van der Waals surface area contributed by atoms with Gasteiger partial charge >= 0.3 is 0 Å². The van der Waals surface area contributed by atoms with Gasteiger partial charge in [-0.1, -0.05) is 0 Å². The standard InChI is InChI=1S/C13H15N3O2S/c1-8-2-3-11(18-8)13-16-10(7-19-13)12(17)15-6-9-4-14-5-9/h2-3,7,9,14H,4-6H2,1H3,(H,15,17). The summed E-state index contributed by atoms with van der Waals surface area (Å²) in [5, 5.41) is 8.59. The molecule has 0 bridgehead atoms. The van der Waals surface area contributed by atoms with E-state index in [0.717, 1.165) is 23.9 Å². The summed E-state index contributed by atoms with van der Waals surface area (Å²) in [4.78, 5) is 16.2. The highest BCUT2D eigenvalue weighted by atomic mass is 32.1. The van der Waals surface area contributed by atoms with E-state index in [1.165, 1.54) is 11.3 Å². The van der Waals surface area contributed by atoms with Gasteiger partial charge in [-0.25, -0.2) is 4.98 Å². The van der Waals surface area contributed by atoms with E-state index in [0.29, 0.717) is 23.9 Å². The number of furan rings is 1. The molecule has 2 aromatic rings. The number of rotatable bonds is 4. The predicted octanol–water partition coefficient (Wildman–Crippen LogP) is 1.66. The van der Waals surface area contributed by atoms with Gasteiger partial charge in [0.05, 0.1) is 0 Å². The van der Waals surface area contributed by atoms with Crippen molar-refractivity contribution in [3.63, 3.8) is 0 Å². The molecule has 0 spiro atoms. The monoisotopic (exact) mass is 277 g/mol. The van der Waals surface area contributed by atoms with Crippen molar-refractivity contribution >= 4 is 17.2 Å². The third-order valence-electron chi connectivity index (χ3n) is 3.11. The molecule has 0 saturated carbocycles. The highest BCUT2D eigenvalue weighted by Gasteiger charge is 2.19. The van der Waals surface area contributed by atoms with Gasteiger partial charge in [-0.15, -0.1) is 11.3 Å². The Morgan fingerprint density at radius 3 is 3.05 bits per heavy atom. The van der Waals surface area contributed by atoms with Crippen LogP contribution in [-0.2, 0) is 0 Å². The lowest BCUT2D eigenvalue weighted by molar-refractivity contribution is 0.0938. The van der Waals surface area contributed by atoms with Gasteiger partial charge in [-0.05, 0) is 19.1 Å². The maximum Gasteiger partial charge on any atom is 0.270 e. The average molecular weight is 277 g/mol. The van der Waals surface area contributed by atoms with Gasteiger partial charge in [-0.3, -0.25) is 4.79 Å². The fourth-order valence-electron chi connectivity index (χ4n) is 1.86. The van der Waals surface area contributed by atoms with Crippen LogP contribution in [0.1, 0.15) is 16.2 Å². The Balaban J connectivity index is 1.64. The Morgan fingerprint density at radius 1 is 1.58 bits per heavy atom. The number of aromatic nitrogens is 1. The van der Waals surface area contributed by atoms with E-state index in [9.17, 15) is 4.79 Å². The molecule has 1 amide bonds. The Hall–Kier alpha value is -1.66. The van der Waals surface area contributed by atoms with E-state index >= 15 is 0 Å². The first-order valence-electron chi connectivity index (χ1n) is 6.23. The third-order valence-corrected chi connectivity index (χ3v) is 3.96. The molecule has 3 heterocycles. The van der Waals surface area contributed by atoms with Gasteiger partial charge < -0.3 is 15.1 Å². The summed E-state index contributed by atoms with van der Waals surface area (Å²) in [5.74, 6) is 1.99. The van der Waals surface area contributed by atoms with E-state index < -0.39 is 0 Å². The molecular formula is C13H15N3O2S. The quantitative estimate of drug-likeness (QED) is 0.892. The number of thiazole rings is 1. The Bertz CT molecular complexity index is 586. The minimum absolute atomic E-state index is 0.113. The largest absolute Gasteiger partial charge is 0.459 e. The molecule has 0 radical (unpaired) electrons. The van der Waals surface area contributed by atoms with Crippen molar-refractivity contribution in [2.24, 2.45) is 5.92 Å². The number of hydrogen-bond donors (Lipinski definition) is 2. The lowest BCUT2D eigenvalue weighted by Crippen LogP contribution is -2.48. The van der Waals surface area contributed by atoms with Crippen molar-refractivity contribution in [3.05, 3.63) is 29.0 Å². The second kappa shape index (κ2) is 5.14. The summed E-state index contributed by atoms with van der Waals surface area (Å²) in [5.41, 5.74) is 0.460. The molecule has 1 fully saturated rings. The van der Waals surface area contributed by atoms with E-state index in [-0.39, 0.29) is 5.91 Å². The van der Waals surface area contributed by atoms with E-state index in [2.05, 4.69) is 15.6 Å². The highest BCUT2D eigenvalue weighted by Crippen LogP contribution is 2.25. The molecule has 6 heteroatoms. The maximum atomic E-state index is 11.9. The molecule has 0 aliphatic carbocycles. The molecule has 1 aliphatic heterocycles. The Morgan fingerprint density at radius 2 is 2.42 bits per heavy atom. The van der Waals surface area contributed by atoms with Gasteiger partial charge in [-0.2, -0.15) is 0 Å². The highest BCUT2D eigenvalue weighted by molar-refractivity contribution is 7.13. The minimum atomic E-state index is -0.113. The van der Waals surface area contributed by atoms with E-state index in [1.54, 1.807) is 5.38 Å². The van der Waals surface area contributed by atoms with Crippen LogP contribution in [0.5, 0.6) is 0 Å². The van der Waals surface area contributed by atoms with Crippen molar-refractivity contribution in [1.29, 1.82) is 0 Å². The Labute approximate surface area is 115 Å². The first kappa shape index (κ1) is 12.4. The molecule has 0 unspecified atom stereocenters. The topological polar surface area (TPSA) is 67.2 Å². The SMILES string of the molecule is Cc1ccc(-c2nc(C(=O)NCC3CNC3)cs2)o1. The fraction of sp³-hybridized carbons (Fsp3) is 0.385. The normalized spacial score (nSPS) is 15.2. The zero-order chi connectivity index (χ0) is 13.2. The van der Waals surface area contributed by atoms with Crippen LogP contribution in [0.3, 0.4) is 0 Å². The van der Waals surface area contributed by atoms with Crippen molar-refractivity contribution in [3.8, 4) is 10.8 Å². The summed E-state index contributed by atoms with van der Waals surface area (Å²) in [6, 6.07) is 3.76. The molecule has 1 saturated heterocycles. The molecule has 100 valence electrons. The van der Waals surface area contributed by atoms with Crippen LogP contribution in [0.25, 0.3) is 10.8 Å². The molecule has 0 atom stereocenters. The number of nitrogens with zero attached hydrogens (tertiary/aromatic N) is 1. The predicted molar refractivity (Wildman–Crippen MR) is 73.2 cm³/mol. The van der Waals surface area contributed by atoms with Crippen LogP contribution in [0, 0.1) is 12.8 Å². The molecule has 2 aromatic heterocycles. The zero-order valence-electron chi connectivity index (χ0n) is 10.6. The third kappa shape index (κ3) is 2.69. The van der Waals surface area contributed by atoms with Crippen LogP contribution >= 0.6 is 11.3 Å². The van der Waals surface area contributed by atoms with E-state index in [1.807, 2.05) is 19.1 Å². The van der Waals surface area contributed by atoms with Crippen LogP contribution in [-0.4, -0.2) is 30.5 Å². The second-order valence-corrected chi connectivity index (χ2v) is 5.54. The van der Waals surface area contributed by atoms with Gasteiger partial charge in [0, 0.05) is 30.9 Å². The minimum Gasteiger partial charge on any atom is -0.459 e. The average Bonchev–Trinajstić information content (AvgIpc) is 2.94. The summed E-state index contributed by atoms with van der Waals surface area (Å²) >= 11 is 1.42. The summed E-state index contributed by atoms with van der Waals surface area (Å²) in [6.45, 7) is 4.55. The van der Waals surface area contributed by atoms with Crippen LogP contribution in [0.2, 0.25) is 0 Å². The molecule has 19 heavy (non-hydrogen) atoms. The second-order valence-electron chi connectivity index (χ2n) is 4.68. The molecular weight excluding hydrogens is 262 g/mol. The molecule has 2 N–H and O–H groups in total. The number of aryl methyl sites for hydroxylation is 1. The lowest BCUT2D eigenvalue weighted by atomic mass is 10.0. The van der Waals surface area contributed by atoms with Crippen LogP contribution in [0.15, 0.2) is 21.9 Å². The number of carbonyl (C=O) groups excluding carboxylic acids is 1. The molecule has 0 aromatic carbocycles. The first-order valence-corrected chi connectivity index (χ1v) is 7.11. The smallest absolute Gasteiger partial charge is 0.270 e.